The van der Waals surface area contributed by atoms with Gasteiger partial charge in [0, 0.05) is 25.6 Å². The van der Waals surface area contributed by atoms with Gasteiger partial charge < -0.3 is 19.9 Å². The molecule has 0 aromatic heterocycles. The highest BCUT2D eigenvalue weighted by Crippen LogP contribution is 2.42. The summed E-state index contributed by atoms with van der Waals surface area (Å²) in [5.74, 6) is 1.62. The molecule has 2 amide bonds. The molecule has 0 unspecified atom stereocenters. The van der Waals surface area contributed by atoms with E-state index in [1.165, 1.54) is 5.56 Å². The molecule has 1 spiro atoms. The van der Waals surface area contributed by atoms with Gasteiger partial charge in [0.15, 0.2) is 0 Å². The van der Waals surface area contributed by atoms with E-state index in [9.17, 15) is 9.59 Å². The van der Waals surface area contributed by atoms with Crippen molar-refractivity contribution in [2.24, 2.45) is 11.3 Å². The first kappa shape index (κ1) is 24.8. The van der Waals surface area contributed by atoms with Crippen LogP contribution in [0.5, 0.6) is 5.75 Å². The Bertz CT molecular complexity index is 1030. The molecule has 1 atom stereocenters. The van der Waals surface area contributed by atoms with Crippen LogP contribution in [0.15, 0.2) is 54.6 Å². The molecule has 6 heteroatoms. The van der Waals surface area contributed by atoms with Crippen LogP contribution >= 0.6 is 0 Å². The maximum absolute atomic E-state index is 13.4. The number of hydrogen-bond donors (Lipinski definition) is 1. The van der Waals surface area contributed by atoms with E-state index in [0.29, 0.717) is 19.1 Å². The van der Waals surface area contributed by atoms with Crippen molar-refractivity contribution in [3.8, 4) is 5.75 Å². The molecular formula is C30H39N3O3. The molecule has 2 aromatic rings. The van der Waals surface area contributed by atoms with E-state index in [1.54, 1.807) is 0 Å². The zero-order valence-corrected chi connectivity index (χ0v) is 21.5. The zero-order valence-electron chi connectivity index (χ0n) is 21.5. The van der Waals surface area contributed by atoms with Gasteiger partial charge in [0.2, 0.25) is 11.8 Å². The van der Waals surface area contributed by atoms with E-state index in [0.717, 1.165) is 76.0 Å². The zero-order chi connectivity index (χ0) is 25.0. The van der Waals surface area contributed by atoms with E-state index in [1.807, 2.05) is 42.2 Å². The summed E-state index contributed by atoms with van der Waals surface area (Å²) in [6.07, 6.45) is 5.75. The van der Waals surface area contributed by atoms with Gasteiger partial charge in [-0.05, 0) is 81.8 Å². The molecule has 36 heavy (non-hydrogen) atoms. The van der Waals surface area contributed by atoms with E-state index < -0.39 is 0 Å². The summed E-state index contributed by atoms with van der Waals surface area (Å²) in [6.45, 7) is 6.99. The number of carbonyl (C=O) groups excluding carboxylic acids is 2. The second kappa shape index (κ2) is 11.0. The third-order valence-corrected chi connectivity index (χ3v) is 8.22. The van der Waals surface area contributed by atoms with Crippen LogP contribution in [0.25, 0.3) is 0 Å². The molecule has 2 saturated heterocycles. The van der Waals surface area contributed by atoms with Crippen LogP contribution in [0.1, 0.15) is 62.6 Å². The Kier molecular flexibility index (Phi) is 7.61. The average molecular weight is 490 g/mol. The Morgan fingerprint density at radius 1 is 1.03 bits per heavy atom. The number of carbonyl (C=O) groups is 2. The number of benzene rings is 2. The van der Waals surface area contributed by atoms with Gasteiger partial charge in [0.1, 0.15) is 5.75 Å². The van der Waals surface area contributed by atoms with Gasteiger partial charge in [0.05, 0.1) is 18.1 Å². The van der Waals surface area contributed by atoms with E-state index in [2.05, 4.69) is 34.5 Å². The normalized spacial score (nSPS) is 20.5. The molecule has 3 aliphatic rings. The van der Waals surface area contributed by atoms with Crippen molar-refractivity contribution in [2.75, 3.05) is 32.8 Å². The van der Waals surface area contributed by atoms with Crippen LogP contribution in [-0.2, 0) is 16.1 Å². The number of ether oxygens (including phenoxy) is 1. The first-order valence-corrected chi connectivity index (χ1v) is 13.6. The predicted molar refractivity (Wildman–Crippen MR) is 140 cm³/mol. The van der Waals surface area contributed by atoms with Crippen LogP contribution < -0.4 is 10.1 Å². The number of amides is 2. The molecular weight excluding hydrogens is 450 g/mol. The first-order chi connectivity index (χ1) is 17.6. The van der Waals surface area contributed by atoms with Crippen LogP contribution in [0.4, 0.5) is 0 Å². The Labute approximate surface area is 215 Å². The van der Waals surface area contributed by atoms with Gasteiger partial charge in [0.25, 0.3) is 0 Å². The summed E-state index contributed by atoms with van der Waals surface area (Å²) in [4.78, 5) is 30.4. The summed E-state index contributed by atoms with van der Waals surface area (Å²) in [7, 11) is 0. The molecule has 192 valence electrons. The van der Waals surface area contributed by atoms with E-state index >= 15 is 0 Å². The third-order valence-electron chi connectivity index (χ3n) is 8.22. The van der Waals surface area contributed by atoms with E-state index in [-0.39, 0.29) is 23.3 Å². The van der Waals surface area contributed by atoms with Crippen molar-refractivity contribution in [3.05, 3.63) is 65.7 Å². The molecule has 3 fully saturated rings. The van der Waals surface area contributed by atoms with Gasteiger partial charge in [-0.2, -0.15) is 0 Å². The van der Waals surface area contributed by atoms with Crippen molar-refractivity contribution in [1.82, 2.24) is 15.1 Å². The predicted octanol–water partition coefficient (Wildman–Crippen LogP) is 4.56. The largest absolute Gasteiger partial charge is 0.494 e. The number of nitrogens with zero attached hydrogens (tertiary/aromatic N) is 2. The lowest BCUT2D eigenvalue weighted by Crippen LogP contribution is -2.45. The van der Waals surface area contributed by atoms with Crippen molar-refractivity contribution in [3.63, 3.8) is 0 Å². The quantitative estimate of drug-likeness (QED) is 0.532. The summed E-state index contributed by atoms with van der Waals surface area (Å²) >= 11 is 0. The Hall–Kier alpha value is -2.86. The van der Waals surface area contributed by atoms with Gasteiger partial charge in [-0.3, -0.25) is 9.59 Å². The summed E-state index contributed by atoms with van der Waals surface area (Å²) < 4.78 is 5.54. The van der Waals surface area contributed by atoms with Crippen LogP contribution in [-0.4, -0.2) is 54.4 Å². The van der Waals surface area contributed by atoms with Crippen molar-refractivity contribution < 1.29 is 14.3 Å². The molecule has 0 radical (unpaired) electrons. The van der Waals surface area contributed by atoms with Crippen LogP contribution in [0.3, 0.4) is 0 Å². The maximum Gasteiger partial charge on any atom is 0.229 e. The monoisotopic (exact) mass is 489 g/mol. The second-order valence-electron chi connectivity index (χ2n) is 10.7. The molecule has 2 aliphatic heterocycles. The smallest absolute Gasteiger partial charge is 0.229 e. The Morgan fingerprint density at radius 3 is 2.39 bits per heavy atom. The number of rotatable bonds is 10. The number of nitrogens with one attached hydrogen (secondary N) is 1. The molecule has 5 rings (SSSR count). The highest BCUT2D eigenvalue weighted by molar-refractivity contribution is 5.85. The van der Waals surface area contributed by atoms with Gasteiger partial charge in [-0.15, -0.1) is 0 Å². The van der Waals surface area contributed by atoms with E-state index in [4.69, 9.17) is 4.74 Å². The number of hydrogen-bond acceptors (Lipinski definition) is 4. The van der Waals surface area contributed by atoms with Gasteiger partial charge >= 0.3 is 0 Å². The minimum atomic E-state index is -0.194. The standard InChI is InChI=1S/C30H39N3O3/c1-2-36-26-12-8-23(9-13-26)22-33-21-17-30(29(33)35)15-19-32(20-16-30)18-14-27(24-6-4-3-5-7-24)31-28(34)25-10-11-25/h3-9,12-13,25,27H,2,10-11,14-22H2,1H3,(H,31,34)/t27-/m0/s1. The molecule has 2 aromatic carbocycles. The topological polar surface area (TPSA) is 61.9 Å². The highest BCUT2D eigenvalue weighted by atomic mass is 16.5. The van der Waals surface area contributed by atoms with Crippen molar-refractivity contribution in [1.29, 1.82) is 0 Å². The average Bonchev–Trinajstić information content (AvgIpc) is 3.73. The fourth-order valence-corrected chi connectivity index (χ4v) is 5.74. The maximum atomic E-state index is 13.4. The SMILES string of the molecule is CCOc1ccc(CN2CCC3(CCN(CC[C@H](NC(=O)C4CC4)c4ccccc4)CC3)C2=O)cc1. The molecule has 0 bridgehead atoms. The van der Waals surface area contributed by atoms with Crippen molar-refractivity contribution >= 4 is 11.8 Å². The Balaban J connectivity index is 1.12. The summed E-state index contributed by atoms with van der Waals surface area (Å²) in [5, 5.41) is 3.30. The highest BCUT2D eigenvalue weighted by Gasteiger charge is 2.47. The number of likely N-dealkylation sites (tertiary alicyclic amines) is 2. The summed E-state index contributed by atoms with van der Waals surface area (Å²) in [6, 6.07) is 18.5. The third kappa shape index (κ3) is 5.75. The van der Waals surface area contributed by atoms with Crippen LogP contribution in [0, 0.1) is 11.3 Å². The molecule has 1 saturated carbocycles. The molecule has 2 heterocycles. The fraction of sp³-hybridized carbons (Fsp3) is 0.533. The van der Waals surface area contributed by atoms with Crippen molar-refractivity contribution in [2.45, 2.75) is 58.0 Å². The minimum absolute atomic E-state index is 0.0490. The van der Waals surface area contributed by atoms with Gasteiger partial charge in [-0.1, -0.05) is 42.5 Å². The van der Waals surface area contributed by atoms with Gasteiger partial charge in [-0.25, -0.2) is 0 Å². The fourth-order valence-electron chi connectivity index (χ4n) is 5.74. The molecule has 1 N–H and O–H groups in total. The Morgan fingerprint density at radius 2 is 1.72 bits per heavy atom. The number of piperidine rings is 1. The lowest BCUT2D eigenvalue weighted by atomic mass is 9.77. The van der Waals surface area contributed by atoms with Crippen LogP contribution in [0.2, 0.25) is 0 Å². The second-order valence-corrected chi connectivity index (χ2v) is 10.7. The first-order valence-electron chi connectivity index (χ1n) is 13.6. The lowest BCUT2D eigenvalue weighted by Gasteiger charge is -2.38. The molecule has 1 aliphatic carbocycles. The summed E-state index contributed by atoms with van der Waals surface area (Å²) in [5.41, 5.74) is 2.14. The lowest BCUT2D eigenvalue weighted by molar-refractivity contribution is -0.139. The minimum Gasteiger partial charge on any atom is -0.494 e. The molecule has 6 nitrogen and oxygen atoms in total.